The predicted octanol–water partition coefficient (Wildman–Crippen LogP) is 5.35. The molecule has 0 fully saturated rings. The lowest BCUT2D eigenvalue weighted by atomic mass is 9.80. The Morgan fingerprint density at radius 2 is 1.56 bits per heavy atom. The number of rotatable bonds is 3. The first-order chi connectivity index (χ1) is 11.4. The standard InChI is InChI=1S/C22H31OPS/c1-14-8-9-18(15(10-14)13-25)24-19-12-16(21(2,3)4)11-17(20(19)23)22(5,6)7/h8-12,23-25H,13H2,1-7H3. The van der Waals surface area contributed by atoms with Crippen molar-refractivity contribution in [3.05, 3.63) is 52.6 Å². The van der Waals surface area contributed by atoms with Crippen LogP contribution in [-0.4, -0.2) is 5.11 Å². The van der Waals surface area contributed by atoms with E-state index in [2.05, 4.69) is 91.4 Å². The lowest BCUT2D eigenvalue weighted by Crippen LogP contribution is -2.21. The third kappa shape index (κ3) is 4.80. The third-order valence-corrected chi connectivity index (χ3v) is 6.23. The van der Waals surface area contributed by atoms with Crippen molar-refractivity contribution < 1.29 is 5.11 Å². The molecule has 0 aliphatic rings. The van der Waals surface area contributed by atoms with Gasteiger partial charge in [-0.3, -0.25) is 0 Å². The van der Waals surface area contributed by atoms with Gasteiger partial charge < -0.3 is 5.11 Å². The molecule has 0 heterocycles. The molecule has 2 aromatic carbocycles. The Bertz CT molecular complexity index is 767. The van der Waals surface area contributed by atoms with Crippen LogP contribution >= 0.6 is 21.2 Å². The minimum atomic E-state index is -0.0930. The average Bonchev–Trinajstić information content (AvgIpc) is 2.48. The fraction of sp³-hybridized carbons (Fsp3) is 0.455. The number of benzene rings is 2. The quantitative estimate of drug-likeness (QED) is 0.548. The molecule has 2 rings (SSSR count). The molecule has 2 aromatic rings. The zero-order valence-corrected chi connectivity index (χ0v) is 18.4. The van der Waals surface area contributed by atoms with Crippen molar-refractivity contribution in [2.75, 3.05) is 0 Å². The van der Waals surface area contributed by atoms with E-state index in [4.69, 9.17) is 0 Å². The Hall–Kier alpha value is -0.980. The van der Waals surface area contributed by atoms with Crippen LogP contribution in [0.1, 0.15) is 63.8 Å². The molecule has 0 amide bonds. The maximum Gasteiger partial charge on any atom is 0.127 e. The summed E-state index contributed by atoms with van der Waals surface area (Å²) in [7, 11) is 0.430. The van der Waals surface area contributed by atoms with E-state index in [0.29, 0.717) is 14.3 Å². The van der Waals surface area contributed by atoms with E-state index in [-0.39, 0.29) is 10.8 Å². The predicted molar refractivity (Wildman–Crippen MR) is 117 cm³/mol. The van der Waals surface area contributed by atoms with Crippen molar-refractivity contribution in [3.63, 3.8) is 0 Å². The van der Waals surface area contributed by atoms with Crippen LogP contribution in [0.15, 0.2) is 30.3 Å². The van der Waals surface area contributed by atoms with E-state index in [9.17, 15) is 5.11 Å². The molecule has 0 saturated heterocycles. The lowest BCUT2D eigenvalue weighted by molar-refractivity contribution is 0.449. The molecule has 0 aliphatic carbocycles. The molecule has 0 aliphatic heterocycles. The minimum absolute atomic E-state index is 0.0482. The highest BCUT2D eigenvalue weighted by molar-refractivity contribution is 7.79. The molecule has 0 saturated carbocycles. The van der Waals surface area contributed by atoms with Gasteiger partial charge in [-0.25, -0.2) is 0 Å². The van der Waals surface area contributed by atoms with Gasteiger partial charge in [-0.15, -0.1) is 0 Å². The molecule has 25 heavy (non-hydrogen) atoms. The number of thiol groups is 1. The van der Waals surface area contributed by atoms with Gasteiger partial charge in [-0.1, -0.05) is 80.0 Å². The van der Waals surface area contributed by atoms with Crippen LogP contribution < -0.4 is 10.6 Å². The number of aromatic hydroxyl groups is 1. The van der Waals surface area contributed by atoms with Gasteiger partial charge in [0.25, 0.3) is 0 Å². The van der Waals surface area contributed by atoms with E-state index in [0.717, 1.165) is 16.6 Å². The summed E-state index contributed by atoms with van der Waals surface area (Å²) in [5, 5.41) is 13.3. The van der Waals surface area contributed by atoms with E-state index in [1.165, 1.54) is 22.0 Å². The normalized spacial score (nSPS) is 13.0. The average molecular weight is 375 g/mol. The minimum Gasteiger partial charge on any atom is -0.507 e. The molecular weight excluding hydrogens is 343 g/mol. The van der Waals surface area contributed by atoms with Crippen molar-refractivity contribution in [2.45, 2.75) is 65.0 Å². The van der Waals surface area contributed by atoms with Gasteiger partial charge in [0.05, 0.1) is 0 Å². The van der Waals surface area contributed by atoms with Gasteiger partial charge in [0.2, 0.25) is 0 Å². The Labute approximate surface area is 160 Å². The van der Waals surface area contributed by atoms with Gasteiger partial charge in [-0.05, 0) is 40.3 Å². The Morgan fingerprint density at radius 3 is 2.08 bits per heavy atom. The molecule has 136 valence electrons. The van der Waals surface area contributed by atoms with Crippen molar-refractivity contribution >= 4 is 31.8 Å². The second kappa shape index (κ2) is 7.33. The number of aryl methyl sites for hydroxylation is 1. The van der Waals surface area contributed by atoms with E-state index < -0.39 is 0 Å². The zero-order chi connectivity index (χ0) is 19.0. The van der Waals surface area contributed by atoms with E-state index >= 15 is 0 Å². The Balaban J connectivity index is 2.61. The first-order valence-electron chi connectivity index (χ1n) is 8.79. The molecular formula is C22H31OPS. The van der Waals surface area contributed by atoms with Crippen LogP contribution in [0.4, 0.5) is 0 Å². The number of phenols is 1. The largest absolute Gasteiger partial charge is 0.507 e. The molecule has 1 unspecified atom stereocenters. The number of hydrogen-bond donors (Lipinski definition) is 2. The van der Waals surface area contributed by atoms with Gasteiger partial charge in [0.1, 0.15) is 5.75 Å². The summed E-state index contributed by atoms with van der Waals surface area (Å²) >= 11 is 4.49. The summed E-state index contributed by atoms with van der Waals surface area (Å²) in [5.41, 5.74) is 4.76. The highest BCUT2D eigenvalue weighted by Crippen LogP contribution is 2.36. The zero-order valence-electron chi connectivity index (χ0n) is 16.5. The summed E-state index contributed by atoms with van der Waals surface area (Å²) in [6, 6.07) is 10.9. The fourth-order valence-electron chi connectivity index (χ4n) is 2.85. The molecule has 3 heteroatoms. The smallest absolute Gasteiger partial charge is 0.127 e. The summed E-state index contributed by atoms with van der Waals surface area (Å²) in [5.74, 6) is 1.17. The first kappa shape index (κ1) is 20.3. The topological polar surface area (TPSA) is 20.2 Å². The first-order valence-corrected chi connectivity index (χ1v) is 10.4. The van der Waals surface area contributed by atoms with Crippen molar-refractivity contribution in [3.8, 4) is 5.75 Å². The van der Waals surface area contributed by atoms with Crippen molar-refractivity contribution in [1.82, 2.24) is 0 Å². The molecule has 1 nitrogen and oxygen atoms in total. The molecule has 1 N–H and O–H groups in total. The SMILES string of the molecule is Cc1ccc(Pc2cc(C(C)(C)C)cc(C(C)(C)C)c2O)c(CS)c1. The molecule has 0 bridgehead atoms. The van der Waals surface area contributed by atoms with Crippen LogP contribution in [0.2, 0.25) is 0 Å². The molecule has 0 spiro atoms. The molecule has 1 atom stereocenters. The third-order valence-electron chi connectivity index (χ3n) is 4.48. The molecule has 0 aromatic heterocycles. The highest BCUT2D eigenvalue weighted by atomic mass is 32.1. The maximum absolute atomic E-state index is 11.0. The highest BCUT2D eigenvalue weighted by Gasteiger charge is 2.25. The van der Waals surface area contributed by atoms with E-state index in [1.54, 1.807) is 0 Å². The second-order valence-corrected chi connectivity index (χ2v) is 10.5. The summed E-state index contributed by atoms with van der Waals surface area (Å²) < 4.78 is 0. The van der Waals surface area contributed by atoms with Crippen LogP contribution in [0.25, 0.3) is 0 Å². The Morgan fingerprint density at radius 1 is 0.920 bits per heavy atom. The second-order valence-electron chi connectivity index (χ2n) is 8.86. The van der Waals surface area contributed by atoms with Crippen LogP contribution in [0.3, 0.4) is 0 Å². The lowest BCUT2D eigenvalue weighted by Gasteiger charge is -2.27. The summed E-state index contributed by atoms with van der Waals surface area (Å²) in [4.78, 5) is 0. The van der Waals surface area contributed by atoms with Gasteiger partial charge in [0, 0.05) is 16.6 Å². The van der Waals surface area contributed by atoms with Crippen LogP contribution in [-0.2, 0) is 16.6 Å². The Kier molecular flexibility index (Phi) is 5.96. The maximum atomic E-state index is 11.0. The van der Waals surface area contributed by atoms with Gasteiger partial charge in [-0.2, -0.15) is 12.6 Å². The number of phenolic OH excluding ortho intramolecular Hbond substituents is 1. The van der Waals surface area contributed by atoms with Gasteiger partial charge in [0.15, 0.2) is 0 Å². The van der Waals surface area contributed by atoms with Crippen molar-refractivity contribution in [2.24, 2.45) is 0 Å². The van der Waals surface area contributed by atoms with Crippen LogP contribution in [0, 0.1) is 6.92 Å². The van der Waals surface area contributed by atoms with Crippen molar-refractivity contribution in [1.29, 1.82) is 0 Å². The van der Waals surface area contributed by atoms with E-state index in [1.807, 2.05) is 0 Å². The molecule has 0 radical (unpaired) electrons. The van der Waals surface area contributed by atoms with Crippen LogP contribution in [0.5, 0.6) is 5.75 Å². The summed E-state index contributed by atoms with van der Waals surface area (Å²) in [6.45, 7) is 15.3. The van der Waals surface area contributed by atoms with Gasteiger partial charge >= 0.3 is 0 Å². The number of hydrogen-bond acceptors (Lipinski definition) is 2. The monoisotopic (exact) mass is 374 g/mol. The summed E-state index contributed by atoms with van der Waals surface area (Å²) in [6.07, 6.45) is 0. The fourth-order valence-corrected chi connectivity index (χ4v) is 4.52.